The molecule has 0 aliphatic heterocycles. The first-order chi connectivity index (χ1) is 10.3. The van der Waals surface area contributed by atoms with Crippen molar-refractivity contribution in [1.82, 2.24) is 4.90 Å². The fourth-order valence-corrected chi connectivity index (χ4v) is 2.36. The summed E-state index contributed by atoms with van der Waals surface area (Å²) in [5, 5.41) is 0. The van der Waals surface area contributed by atoms with Gasteiger partial charge in [-0.2, -0.15) is 0 Å². The molecule has 0 N–H and O–H groups in total. The topological polar surface area (TPSA) is 3.24 Å². The third-order valence-electron chi connectivity index (χ3n) is 3.71. The van der Waals surface area contributed by atoms with Gasteiger partial charge in [0, 0.05) is 0 Å². The van der Waals surface area contributed by atoms with Crippen LogP contribution in [0.2, 0.25) is 0 Å². The molecule has 2 rings (SSSR count). The van der Waals surface area contributed by atoms with E-state index in [1.54, 1.807) is 0 Å². The summed E-state index contributed by atoms with van der Waals surface area (Å²) in [7, 11) is 0. The Morgan fingerprint density at radius 2 is 1.29 bits per heavy atom. The molecule has 0 aromatic heterocycles. The molecule has 0 aliphatic rings. The average Bonchev–Trinajstić information content (AvgIpc) is 2.57. The second-order valence-electron chi connectivity index (χ2n) is 5.04. The van der Waals surface area contributed by atoms with Gasteiger partial charge in [0.2, 0.25) is 0 Å². The van der Waals surface area contributed by atoms with Gasteiger partial charge in [-0.05, 0) is 24.2 Å². The van der Waals surface area contributed by atoms with Crippen LogP contribution in [0.3, 0.4) is 0 Å². The molecule has 0 unspecified atom stereocenters. The van der Waals surface area contributed by atoms with E-state index in [0.29, 0.717) is 0 Å². The predicted octanol–water partition coefficient (Wildman–Crippen LogP) is 4.16. The lowest BCUT2D eigenvalue weighted by atomic mass is 9.92. The van der Waals surface area contributed by atoms with Crippen molar-refractivity contribution in [1.29, 1.82) is 0 Å². The second kappa shape index (κ2) is 8.29. The third-order valence-corrected chi connectivity index (χ3v) is 3.71. The van der Waals surface area contributed by atoms with Crippen LogP contribution in [0.15, 0.2) is 60.7 Å². The van der Waals surface area contributed by atoms with Gasteiger partial charge in [-0.15, -0.1) is 0 Å². The molecule has 0 fully saturated rings. The van der Waals surface area contributed by atoms with Crippen LogP contribution in [-0.2, 0) is 0 Å². The number of rotatable bonds is 5. The van der Waals surface area contributed by atoms with Crippen molar-refractivity contribution in [2.24, 2.45) is 0 Å². The average molecular weight is 277 g/mol. The van der Waals surface area contributed by atoms with Crippen LogP contribution in [0.4, 0.5) is 0 Å². The fraction of sp³-hybridized carbons (Fsp3) is 0.300. The van der Waals surface area contributed by atoms with Gasteiger partial charge in [0.25, 0.3) is 0 Å². The lowest BCUT2D eigenvalue weighted by Gasteiger charge is -2.15. The van der Waals surface area contributed by atoms with E-state index in [2.05, 4.69) is 91.3 Å². The fourth-order valence-electron chi connectivity index (χ4n) is 2.36. The molecule has 0 saturated heterocycles. The predicted molar refractivity (Wildman–Crippen MR) is 90.3 cm³/mol. The largest absolute Gasteiger partial charge is 0.293 e. The number of nitrogens with zero attached hydrogens (tertiary/aromatic N) is 1. The molecular formula is C20H23N. The van der Waals surface area contributed by atoms with Crippen LogP contribution in [0.25, 0.3) is 0 Å². The minimum atomic E-state index is 0.156. The van der Waals surface area contributed by atoms with Crippen LogP contribution >= 0.6 is 0 Å². The molecule has 0 atom stereocenters. The molecule has 0 radical (unpaired) electrons. The molecule has 2 aromatic carbocycles. The highest BCUT2D eigenvalue weighted by atomic mass is 15.1. The minimum Gasteiger partial charge on any atom is -0.293 e. The summed E-state index contributed by atoms with van der Waals surface area (Å²) in [4.78, 5) is 2.33. The maximum atomic E-state index is 3.46. The Morgan fingerprint density at radius 1 is 0.810 bits per heavy atom. The maximum Gasteiger partial charge on any atom is 0.0702 e. The number of benzene rings is 2. The first kappa shape index (κ1) is 15.4. The Bertz CT molecular complexity index is 534. The van der Waals surface area contributed by atoms with Crippen LogP contribution in [0, 0.1) is 11.8 Å². The minimum absolute atomic E-state index is 0.156. The van der Waals surface area contributed by atoms with E-state index < -0.39 is 0 Å². The van der Waals surface area contributed by atoms with Gasteiger partial charge in [-0.1, -0.05) is 86.4 Å². The second-order valence-corrected chi connectivity index (χ2v) is 5.04. The van der Waals surface area contributed by atoms with Gasteiger partial charge >= 0.3 is 0 Å². The molecule has 0 spiro atoms. The van der Waals surface area contributed by atoms with Crippen LogP contribution < -0.4 is 0 Å². The maximum absolute atomic E-state index is 3.46. The molecule has 0 bridgehead atoms. The Hall–Kier alpha value is -2.04. The molecule has 0 amide bonds. The number of hydrogen-bond acceptors (Lipinski definition) is 1. The Morgan fingerprint density at radius 3 is 1.71 bits per heavy atom. The summed E-state index contributed by atoms with van der Waals surface area (Å²) in [6.45, 7) is 7.29. The molecule has 1 heteroatoms. The first-order valence-electron chi connectivity index (χ1n) is 7.65. The van der Waals surface area contributed by atoms with E-state index in [1.807, 2.05) is 0 Å². The van der Waals surface area contributed by atoms with Crippen LogP contribution in [0.1, 0.15) is 30.9 Å². The van der Waals surface area contributed by atoms with Gasteiger partial charge in [-0.25, -0.2) is 0 Å². The van der Waals surface area contributed by atoms with Gasteiger partial charge in [0.05, 0.1) is 12.5 Å². The molecule has 0 heterocycles. The quantitative estimate of drug-likeness (QED) is 0.742. The van der Waals surface area contributed by atoms with E-state index >= 15 is 0 Å². The highest BCUT2D eigenvalue weighted by Crippen LogP contribution is 2.23. The molecule has 2 aromatic rings. The van der Waals surface area contributed by atoms with Crippen molar-refractivity contribution < 1.29 is 0 Å². The lowest BCUT2D eigenvalue weighted by Crippen LogP contribution is -2.23. The highest BCUT2D eigenvalue weighted by Gasteiger charge is 2.10. The monoisotopic (exact) mass is 277 g/mol. The van der Waals surface area contributed by atoms with E-state index in [0.717, 1.165) is 19.6 Å². The zero-order valence-corrected chi connectivity index (χ0v) is 12.9. The molecule has 21 heavy (non-hydrogen) atoms. The van der Waals surface area contributed by atoms with Gasteiger partial charge in [0.1, 0.15) is 0 Å². The zero-order valence-electron chi connectivity index (χ0n) is 12.9. The molecule has 0 saturated carbocycles. The summed E-state index contributed by atoms with van der Waals surface area (Å²) in [6, 6.07) is 21.0. The highest BCUT2D eigenvalue weighted by molar-refractivity contribution is 5.40. The Kier molecular flexibility index (Phi) is 6.06. The molecular weight excluding hydrogens is 254 g/mol. The first-order valence-corrected chi connectivity index (χ1v) is 7.65. The normalized spacial score (nSPS) is 10.5. The lowest BCUT2D eigenvalue weighted by molar-refractivity contribution is 0.342. The number of hydrogen-bond donors (Lipinski definition) is 0. The van der Waals surface area contributed by atoms with Gasteiger partial charge < -0.3 is 0 Å². The Labute approximate surface area is 128 Å². The van der Waals surface area contributed by atoms with Gasteiger partial charge in [0.15, 0.2) is 0 Å². The van der Waals surface area contributed by atoms with Gasteiger partial charge in [-0.3, -0.25) is 4.90 Å². The van der Waals surface area contributed by atoms with E-state index in [1.165, 1.54) is 11.1 Å². The smallest absolute Gasteiger partial charge is 0.0702 e. The molecule has 108 valence electrons. The third kappa shape index (κ3) is 4.48. The van der Waals surface area contributed by atoms with Crippen molar-refractivity contribution in [3.8, 4) is 11.8 Å². The summed E-state index contributed by atoms with van der Waals surface area (Å²) in [6.07, 6.45) is 0. The summed E-state index contributed by atoms with van der Waals surface area (Å²) < 4.78 is 0. The van der Waals surface area contributed by atoms with Crippen molar-refractivity contribution >= 4 is 0 Å². The van der Waals surface area contributed by atoms with Crippen molar-refractivity contribution in [2.45, 2.75) is 19.8 Å². The summed E-state index contributed by atoms with van der Waals surface area (Å²) in [5.41, 5.74) is 2.52. The van der Waals surface area contributed by atoms with Crippen LogP contribution in [-0.4, -0.2) is 24.5 Å². The standard InChI is InChI=1S/C20H23N/c1-3-21(4-2)17-11-16-20(18-12-7-5-8-13-18)19-14-9-6-10-15-19/h5-10,12-15,20H,3-4,17H2,1-2H3. The zero-order chi connectivity index (χ0) is 14.9. The van der Waals surface area contributed by atoms with E-state index in [-0.39, 0.29) is 5.92 Å². The molecule has 1 nitrogen and oxygen atoms in total. The van der Waals surface area contributed by atoms with Crippen LogP contribution in [0.5, 0.6) is 0 Å². The van der Waals surface area contributed by atoms with E-state index in [9.17, 15) is 0 Å². The Balaban J connectivity index is 2.24. The summed E-state index contributed by atoms with van der Waals surface area (Å²) in [5.74, 6) is 6.98. The van der Waals surface area contributed by atoms with E-state index in [4.69, 9.17) is 0 Å². The summed E-state index contributed by atoms with van der Waals surface area (Å²) >= 11 is 0. The SMILES string of the molecule is CCN(CC)CC#CC(c1ccccc1)c1ccccc1. The van der Waals surface area contributed by atoms with Crippen molar-refractivity contribution in [2.75, 3.05) is 19.6 Å². The molecule has 0 aliphatic carbocycles. The van der Waals surface area contributed by atoms with Crippen molar-refractivity contribution in [3.05, 3.63) is 71.8 Å². The van der Waals surface area contributed by atoms with Crippen molar-refractivity contribution in [3.63, 3.8) is 0 Å².